The van der Waals surface area contributed by atoms with Crippen LogP contribution in [0.4, 0.5) is 0 Å². The number of hydrogen-bond acceptors (Lipinski definition) is 2. The van der Waals surface area contributed by atoms with Crippen molar-refractivity contribution in [1.29, 1.82) is 0 Å². The van der Waals surface area contributed by atoms with E-state index in [1.165, 1.54) is 0 Å². The Hall–Kier alpha value is -0.613. The van der Waals surface area contributed by atoms with Crippen LogP contribution in [-0.4, -0.2) is 26.4 Å². The molecule has 0 bridgehead atoms. The van der Waals surface area contributed by atoms with Gasteiger partial charge in [0, 0.05) is 6.04 Å². The molecule has 1 aliphatic rings. The summed E-state index contributed by atoms with van der Waals surface area (Å²) in [5.74, 6) is 0.361. The second-order valence-electron chi connectivity index (χ2n) is 7.24. The van der Waals surface area contributed by atoms with E-state index < -0.39 is 8.32 Å². The lowest BCUT2D eigenvalue weighted by Crippen LogP contribution is -2.65. The van der Waals surface area contributed by atoms with Gasteiger partial charge in [-0.3, -0.25) is 4.79 Å². The van der Waals surface area contributed by atoms with Gasteiger partial charge in [-0.1, -0.05) is 33.8 Å². The minimum Gasteiger partial charge on any atom is -0.413 e. The Kier molecular flexibility index (Phi) is 4.68. The van der Waals surface area contributed by atoms with Crippen LogP contribution in [0.5, 0.6) is 0 Å². The van der Waals surface area contributed by atoms with Crippen LogP contribution >= 0.6 is 0 Å². The first-order valence-corrected chi connectivity index (χ1v) is 10.0. The Labute approximate surface area is 118 Å². The molecular weight excluding hydrogens is 254 g/mol. The number of amides is 1. The molecule has 0 radical (unpaired) electrons. The van der Waals surface area contributed by atoms with Gasteiger partial charge in [0.15, 0.2) is 8.32 Å². The second-order valence-corrected chi connectivity index (χ2v) is 12.0. The molecule has 1 saturated heterocycles. The first kappa shape index (κ1) is 16.4. The molecule has 0 aliphatic carbocycles. The van der Waals surface area contributed by atoms with Gasteiger partial charge in [0.25, 0.3) is 0 Å². The van der Waals surface area contributed by atoms with Crippen molar-refractivity contribution >= 4 is 14.2 Å². The van der Waals surface area contributed by atoms with Crippen LogP contribution in [-0.2, 0) is 9.22 Å². The van der Waals surface area contributed by atoms with Crippen molar-refractivity contribution in [2.45, 2.75) is 64.9 Å². The summed E-state index contributed by atoms with van der Waals surface area (Å²) in [7, 11) is -1.82. The highest BCUT2D eigenvalue weighted by molar-refractivity contribution is 6.74. The van der Waals surface area contributed by atoms with E-state index in [2.05, 4.69) is 52.7 Å². The van der Waals surface area contributed by atoms with Crippen molar-refractivity contribution in [1.82, 2.24) is 5.32 Å². The molecule has 1 N–H and O–H groups in total. The molecular formula is C15H29NO2Si. The summed E-state index contributed by atoms with van der Waals surface area (Å²) in [5, 5.41) is 3.14. The number of rotatable bonds is 5. The van der Waals surface area contributed by atoms with Gasteiger partial charge < -0.3 is 9.74 Å². The molecule has 1 heterocycles. The first-order chi connectivity index (χ1) is 8.51. The van der Waals surface area contributed by atoms with Crippen LogP contribution < -0.4 is 5.32 Å². The van der Waals surface area contributed by atoms with E-state index in [0.717, 1.165) is 0 Å². The molecule has 1 rings (SSSR count). The van der Waals surface area contributed by atoms with Crippen LogP contribution in [0, 0.1) is 11.8 Å². The quantitative estimate of drug-likeness (QED) is 0.477. The third-order valence-electron chi connectivity index (χ3n) is 4.73. The molecule has 0 aromatic carbocycles. The topological polar surface area (TPSA) is 38.3 Å². The van der Waals surface area contributed by atoms with Crippen molar-refractivity contribution in [2.24, 2.45) is 11.8 Å². The second kappa shape index (κ2) is 5.41. The summed E-state index contributed by atoms with van der Waals surface area (Å²) in [6, 6.07) is 0.171. The Balaban J connectivity index is 2.75. The standard InChI is InChI=1S/C15H29NO2Si/c1-9-10(2)13-12(14(17)16-13)11(3)18-19(7,8)15(4,5)6/h9-13H,1H2,2-8H3,(H,16,17). The zero-order chi connectivity index (χ0) is 15.0. The van der Waals surface area contributed by atoms with E-state index >= 15 is 0 Å². The van der Waals surface area contributed by atoms with Crippen molar-refractivity contribution in [3.05, 3.63) is 12.7 Å². The molecule has 4 atom stereocenters. The Morgan fingerprint density at radius 1 is 1.37 bits per heavy atom. The van der Waals surface area contributed by atoms with Crippen LogP contribution in [0.2, 0.25) is 18.1 Å². The van der Waals surface area contributed by atoms with Gasteiger partial charge in [-0.2, -0.15) is 0 Å². The number of carbonyl (C=O) groups is 1. The summed E-state index contributed by atoms with van der Waals surface area (Å²) in [6.07, 6.45) is 1.87. The molecule has 0 aromatic heterocycles. The van der Waals surface area contributed by atoms with Crippen molar-refractivity contribution in [3.63, 3.8) is 0 Å². The van der Waals surface area contributed by atoms with Crippen molar-refractivity contribution in [3.8, 4) is 0 Å². The summed E-state index contributed by atoms with van der Waals surface area (Å²) < 4.78 is 6.35. The van der Waals surface area contributed by atoms with Gasteiger partial charge in [-0.15, -0.1) is 6.58 Å². The van der Waals surface area contributed by atoms with Gasteiger partial charge >= 0.3 is 0 Å². The normalized spacial score (nSPS) is 27.2. The lowest BCUT2D eigenvalue weighted by molar-refractivity contribution is -0.141. The Morgan fingerprint density at radius 3 is 2.26 bits per heavy atom. The maximum atomic E-state index is 11.8. The average Bonchev–Trinajstić information content (AvgIpc) is 2.22. The predicted molar refractivity (Wildman–Crippen MR) is 82.5 cm³/mol. The van der Waals surface area contributed by atoms with Crippen LogP contribution in [0.25, 0.3) is 0 Å². The fraction of sp³-hybridized carbons (Fsp3) is 0.800. The minimum atomic E-state index is -1.82. The largest absolute Gasteiger partial charge is 0.413 e. The lowest BCUT2D eigenvalue weighted by atomic mass is 9.79. The smallest absolute Gasteiger partial charge is 0.228 e. The first-order valence-electron chi connectivity index (χ1n) is 7.12. The number of β-lactam (4-membered cyclic amide) rings is 1. The molecule has 1 fully saturated rings. The van der Waals surface area contributed by atoms with E-state index in [-0.39, 0.29) is 34.9 Å². The summed E-state index contributed by atoms with van der Waals surface area (Å²) >= 11 is 0. The maximum absolute atomic E-state index is 11.8. The van der Waals surface area contributed by atoms with E-state index in [9.17, 15) is 4.79 Å². The maximum Gasteiger partial charge on any atom is 0.228 e. The van der Waals surface area contributed by atoms with Gasteiger partial charge in [0.1, 0.15) is 0 Å². The highest BCUT2D eigenvalue weighted by Crippen LogP contribution is 2.39. The molecule has 0 aromatic rings. The molecule has 1 aliphatic heterocycles. The van der Waals surface area contributed by atoms with E-state index in [0.29, 0.717) is 0 Å². The van der Waals surface area contributed by atoms with E-state index in [1.54, 1.807) is 0 Å². The molecule has 19 heavy (non-hydrogen) atoms. The monoisotopic (exact) mass is 283 g/mol. The van der Waals surface area contributed by atoms with Crippen molar-refractivity contribution < 1.29 is 9.22 Å². The Bertz CT molecular complexity index is 360. The summed E-state index contributed by atoms with van der Waals surface area (Å²) in [4.78, 5) is 11.8. The van der Waals surface area contributed by atoms with Gasteiger partial charge in [-0.05, 0) is 31.0 Å². The fourth-order valence-corrected chi connectivity index (χ4v) is 3.67. The molecule has 0 saturated carbocycles. The van der Waals surface area contributed by atoms with Crippen LogP contribution in [0.15, 0.2) is 12.7 Å². The fourth-order valence-electron chi connectivity index (χ4n) is 2.24. The van der Waals surface area contributed by atoms with Crippen LogP contribution in [0.3, 0.4) is 0 Å². The third-order valence-corrected chi connectivity index (χ3v) is 9.30. The summed E-state index contributed by atoms with van der Waals surface area (Å²) in [6.45, 7) is 19.0. The zero-order valence-corrected chi connectivity index (χ0v) is 14.4. The summed E-state index contributed by atoms with van der Waals surface area (Å²) in [5.41, 5.74) is 0. The minimum absolute atomic E-state index is 0.0259. The number of nitrogens with one attached hydrogen (secondary N) is 1. The predicted octanol–water partition coefficient (Wildman–Crippen LogP) is 3.33. The van der Waals surface area contributed by atoms with E-state index in [1.807, 2.05) is 13.0 Å². The highest BCUT2D eigenvalue weighted by Gasteiger charge is 2.48. The molecule has 4 unspecified atom stereocenters. The third kappa shape index (κ3) is 3.29. The average molecular weight is 283 g/mol. The zero-order valence-electron chi connectivity index (χ0n) is 13.4. The molecule has 4 heteroatoms. The van der Waals surface area contributed by atoms with Gasteiger partial charge in [0.2, 0.25) is 5.91 Å². The molecule has 110 valence electrons. The molecule has 3 nitrogen and oxygen atoms in total. The lowest BCUT2D eigenvalue weighted by Gasteiger charge is -2.46. The number of carbonyl (C=O) groups excluding carboxylic acids is 1. The Morgan fingerprint density at radius 2 is 1.89 bits per heavy atom. The van der Waals surface area contributed by atoms with Crippen molar-refractivity contribution in [2.75, 3.05) is 0 Å². The van der Waals surface area contributed by atoms with E-state index in [4.69, 9.17) is 4.43 Å². The number of hydrogen-bond donors (Lipinski definition) is 1. The van der Waals surface area contributed by atoms with Gasteiger partial charge in [0.05, 0.1) is 12.0 Å². The van der Waals surface area contributed by atoms with Crippen LogP contribution in [0.1, 0.15) is 34.6 Å². The highest BCUT2D eigenvalue weighted by atomic mass is 28.4. The SMILES string of the molecule is C=CC(C)C1NC(=O)C1C(C)O[Si](C)(C)C(C)(C)C. The molecule has 1 amide bonds. The molecule has 0 spiro atoms. The van der Waals surface area contributed by atoms with Gasteiger partial charge in [-0.25, -0.2) is 0 Å².